The van der Waals surface area contributed by atoms with Crippen molar-refractivity contribution in [3.63, 3.8) is 0 Å². The second-order valence-electron chi connectivity index (χ2n) is 10.0. The van der Waals surface area contributed by atoms with E-state index in [9.17, 15) is 9.59 Å². The average Bonchev–Trinajstić information content (AvgIpc) is 3.22. The summed E-state index contributed by atoms with van der Waals surface area (Å²) in [5.41, 5.74) is 1.89. The maximum absolute atomic E-state index is 12.9. The minimum absolute atomic E-state index is 0.159. The lowest BCUT2D eigenvalue weighted by Gasteiger charge is -2.62. The van der Waals surface area contributed by atoms with Gasteiger partial charge in [-0.15, -0.1) is 0 Å². The van der Waals surface area contributed by atoms with Gasteiger partial charge >= 0.3 is 0 Å². The van der Waals surface area contributed by atoms with Gasteiger partial charge in [0.25, 0.3) is 11.5 Å². The van der Waals surface area contributed by atoms with E-state index >= 15 is 0 Å². The van der Waals surface area contributed by atoms with Crippen molar-refractivity contribution in [3.05, 3.63) is 58.0 Å². The molecule has 0 radical (unpaired) electrons. The molecule has 30 heavy (non-hydrogen) atoms. The Labute approximate surface area is 180 Å². The van der Waals surface area contributed by atoms with Crippen molar-refractivity contribution in [3.8, 4) is 0 Å². The highest BCUT2D eigenvalue weighted by Gasteiger charge is 2.58. The zero-order chi connectivity index (χ0) is 20.3. The highest BCUT2D eigenvalue weighted by Crippen LogP contribution is 2.65. The number of thioether (sulfide) groups is 1. The second-order valence-corrected chi connectivity index (χ2v) is 11.1. The number of fused-ring (bicyclic) bond motifs is 1. The van der Waals surface area contributed by atoms with E-state index < -0.39 is 0 Å². The van der Waals surface area contributed by atoms with Gasteiger partial charge in [0.15, 0.2) is 5.16 Å². The third-order valence-electron chi connectivity index (χ3n) is 7.99. The Morgan fingerprint density at radius 1 is 1.17 bits per heavy atom. The van der Waals surface area contributed by atoms with Gasteiger partial charge in [0.2, 0.25) is 0 Å². The minimum atomic E-state index is -0.260. The van der Waals surface area contributed by atoms with Gasteiger partial charge in [0, 0.05) is 25.0 Å². The fourth-order valence-corrected chi connectivity index (χ4v) is 8.24. The first-order valence-corrected chi connectivity index (χ1v) is 12.1. The van der Waals surface area contributed by atoms with Crippen LogP contribution in [0.5, 0.6) is 0 Å². The molecule has 4 aliphatic carbocycles. The number of nitrogens with one attached hydrogen (secondary N) is 1. The molecule has 1 aliphatic heterocycles. The van der Waals surface area contributed by atoms with Crippen molar-refractivity contribution in [1.29, 1.82) is 0 Å². The lowest BCUT2D eigenvalue weighted by atomic mass is 9.43. The van der Waals surface area contributed by atoms with E-state index in [0.717, 1.165) is 29.2 Å². The van der Waals surface area contributed by atoms with E-state index in [1.54, 1.807) is 16.3 Å². The molecule has 1 aromatic carbocycles. The average molecular weight is 422 g/mol. The molecule has 4 fully saturated rings. The molecule has 2 atom stereocenters. The topological polar surface area (TPSA) is 64.0 Å². The number of nitrogens with zero attached hydrogens (tertiary/aromatic N) is 2. The van der Waals surface area contributed by atoms with Gasteiger partial charge in [0.1, 0.15) is 5.56 Å². The molecule has 7 rings (SSSR count). The summed E-state index contributed by atoms with van der Waals surface area (Å²) in [6, 6.07) is 11.0. The molecule has 1 aromatic heterocycles. The fourth-order valence-electron chi connectivity index (χ4n) is 7.32. The number of amides is 1. The van der Waals surface area contributed by atoms with Gasteiger partial charge in [-0.2, -0.15) is 0 Å². The summed E-state index contributed by atoms with van der Waals surface area (Å²) in [7, 11) is 0. The van der Waals surface area contributed by atoms with Crippen molar-refractivity contribution in [2.75, 3.05) is 12.3 Å². The van der Waals surface area contributed by atoms with Gasteiger partial charge in [-0.3, -0.25) is 14.2 Å². The summed E-state index contributed by atoms with van der Waals surface area (Å²) < 4.78 is 1.63. The highest BCUT2D eigenvalue weighted by molar-refractivity contribution is 7.99. The van der Waals surface area contributed by atoms with Crippen molar-refractivity contribution >= 4 is 17.7 Å². The zero-order valence-corrected chi connectivity index (χ0v) is 17.9. The molecule has 0 spiro atoms. The van der Waals surface area contributed by atoms with Crippen LogP contribution >= 0.6 is 11.8 Å². The summed E-state index contributed by atoms with van der Waals surface area (Å²) in [4.78, 5) is 30.0. The predicted octanol–water partition coefficient (Wildman–Crippen LogP) is 3.62. The van der Waals surface area contributed by atoms with E-state index in [1.807, 2.05) is 0 Å². The van der Waals surface area contributed by atoms with Gasteiger partial charge in [-0.05, 0) is 66.8 Å². The van der Waals surface area contributed by atoms with Crippen LogP contribution in [0.2, 0.25) is 0 Å². The molecule has 1 N–H and O–H groups in total. The molecule has 2 heterocycles. The molecule has 4 saturated carbocycles. The number of aromatic nitrogens is 2. The first kappa shape index (κ1) is 18.7. The van der Waals surface area contributed by atoms with E-state index in [0.29, 0.717) is 13.1 Å². The summed E-state index contributed by atoms with van der Waals surface area (Å²) in [6.45, 7) is 1.31. The SMILES string of the molecule is O=C(NCC12C[C@@H]3C[C@@H](C1)CC(c1ccccc1)(C3)C2)c1cnc2n(c1=O)CCS2. The summed E-state index contributed by atoms with van der Waals surface area (Å²) in [5, 5.41) is 3.88. The Morgan fingerprint density at radius 3 is 2.70 bits per heavy atom. The lowest BCUT2D eigenvalue weighted by Crippen LogP contribution is -2.57. The molecule has 156 valence electrons. The number of hydrogen-bond donors (Lipinski definition) is 1. The first-order chi connectivity index (χ1) is 14.6. The van der Waals surface area contributed by atoms with E-state index in [1.165, 1.54) is 43.9 Å². The number of rotatable bonds is 4. The number of carbonyl (C=O) groups is 1. The van der Waals surface area contributed by atoms with Crippen LogP contribution in [-0.4, -0.2) is 27.8 Å². The number of hydrogen-bond acceptors (Lipinski definition) is 4. The molecule has 0 saturated heterocycles. The van der Waals surface area contributed by atoms with Gasteiger partial charge < -0.3 is 5.32 Å². The summed E-state index contributed by atoms with van der Waals surface area (Å²) in [6.07, 6.45) is 8.95. The normalized spacial score (nSPS) is 33.5. The van der Waals surface area contributed by atoms with Crippen LogP contribution in [0.4, 0.5) is 0 Å². The minimum Gasteiger partial charge on any atom is -0.351 e. The molecule has 5 nitrogen and oxygen atoms in total. The molecule has 5 aliphatic rings. The Bertz CT molecular complexity index is 1050. The van der Waals surface area contributed by atoms with Crippen LogP contribution in [0, 0.1) is 17.3 Å². The van der Waals surface area contributed by atoms with Crippen molar-refractivity contribution in [2.24, 2.45) is 17.3 Å². The highest BCUT2D eigenvalue weighted by atomic mass is 32.2. The second kappa shape index (κ2) is 6.71. The largest absolute Gasteiger partial charge is 0.351 e. The Morgan fingerprint density at radius 2 is 1.93 bits per heavy atom. The van der Waals surface area contributed by atoms with E-state index in [4.69, 9.17) is 0 Å². The fraction of sp³-hybridized carbons (Fsp3) is 0.542. The van der Waals surface area contributed by atoms with Crippen molar-refractivity contribution in [2.45, 2.75) is 55.6 Å². The lowest BCUT2D eigenvalue weighted by molar-refractivity contribution is -0.0697. The Hall–Kier alpha value is -2.08. The maximum Gasteiger partial charge on any atom is 0.267 e. The van der Waals surface area contributed by atoms with Gasteiger partial charge in [0.05, 0.1) is 0 Å². The zero-order valence-electron chi connectivity index (χ0n) is 17.1. The molecule has 2 aromatic rings. The summed E-state index contributed by atoms with van der Waals surface area (Å²) in [5.74, 6) is 2.10. The third-order valence-corrected chi connectivity index (χ3v) is 8.96. The first-order valence-electron chi connectivity index (χ1n) is 11.1. The monoisotopic (exact) mass is 421 g/mol. The standard InChI is InChI=1S/C24H27N3O2S/c28-20(19-13-25-22-27(21(19)29)6-7-30-22)26-15-23-9-16-8-17(10-23)12-24(11-16,14-23)18-4-2-1-3-5-18/h1-5,13,16-17H,6-12,14-15H2,(H,26,28)/t16-,17-,23?,24?/m0/s1. The molecular formula is C24H27N3O2S. The molecular weight excluding hydrogens is 394 g/mol. The molecule has 1 amide bonds. The molecule has 4 bridgehead atoms. The quantitative estimate of drug-likeness (QED) is 0.766. The third kappa shape index (κ3) is 2.87. The number of carbonyl (C=O) groups excluding carboxylic acids is 1. The van der Waals surface area contributed by atoms with E-state index in [2.05, 4.69) is 40.6 Å². The predicted molar refractivity (Wildman–Crippen MR) is 117 cm³/mol. The van der Waals surface area contributed by atoms with Crippen LogP contribution in [0.25, 0.3) is 0 Å². The van der Waals surface area contributed by atoms with Crippen LogP contribution in [0.3, 0.4) is 0 Å². The molecule has 6 heteroatoms. The van der Waals surface area contributed by atoms with Gasteiger partial charge in [-0.25, -0.2) is 4.98 Å². The molecule has 0 unspecified atom stereocenters. The summed E-state index contributed by atoms with van der Waals surface area (Å²) >= 11 is 1.57. The number of benzene rings is 1. The Balaban J connectivity index is 1.24. The van der Waals surface area contributed by atoms with Crippen LogP contribution in [-0.2, 0) is 12.0 Å². The van der Waals surface area contributed by atoms with Crippen LogP contribution < -0.4 is 10.9 Å². The van der Waals surface area contributed by atoms with Gasteiger partial charge in [-0.1, -0.05) is 42.1 Å². The van der Waals surface area contributed by atoms with Crippen molar-refractivity contribution in [1.82, 2.24) is 14.9 Å². The van der Waals surface area contributed by atoms with Crippen molar-refractivity contribution < 1.29 is 4.79 Å². The smallest absolute Gasteiger partial charge is 0.267 e. The van der Waals surface area contributed by atoms with Crippen LogP contribution in [0.1, 0.15) is 54.4 Å². The van der Waals surface area contributed by atoms with E-state index in [-0.39, 0.29) is 27.9 Å². The maximum atomic E-state index is 12.9. The van der Waals surface area contributed by atoms with Crippen LogP contribution in [0.15, 0.2) is 46.5 Å². The Kier molecular flexibility index (Phi) is 4.18.